The van der Waals surface area contributed by atoms with Crippen LogP contribution in [0.1, 0.15) is 0 Å². The lowest BCUT2D eigenvalue weighted by molar-refractivity contribution is 0.324. The van der Waals surface area contributed by atoms with Crippen LogP contribution in [0.4, 0.5) is 5.82 Å². The van der Waals surface area contributed by atoms with Gasteiger partial charge in [-0.3, -0.25) is 0 Å². The second-order valence-electron chi connectivity index (χ2n) is 4.25. The Bertz CT molecular complexity index is 546. The van der Waals surface area contributed by atoms with Gasteiger partial charge in [-0.2, -0.15) is 0 Å². The van der Waals surface area contributed by atoms with Crippen molar-refractivity contribution in [3.05, 3.63) is 47.1 Å². The summed E-state index contributed by atoms with van der Waals surface area (Å²) in [5.41, 5.74) is 0. The van der Waals surface area contributed by atoms with Gasteiger partial charge in [-0.05, 0) is 52.3 Å². The first-order valence-corrected chi connectivity index (χ1v) is 7.08. The average Bonchev–Trinajstić information content (AvgIpc) is 2.48. The highest BCUT2D eigenvalue weighted by molar-refractivity contribution is 9.10. The molecular formula is C15H17BrN2O2. The molecule has 106 valence electrons. The molecule has 0 spiro atoms. The van der Waals surface area contributed by atoms with Gasteiger partial charge in [0.25, 0.3) is 0 Å². The van der Waals surface area contributed by atoms with Crippen LogP contribution in [0.15, 0.2) is 47.1 Å². The van der Waals surface area contributed by atoms with Crippen LogP contribution in [0, 0.1) is 0 Å². The normalized spacial score (nSPS) is 10.2. The van der Waals surface area contributed by atoms with Crippen molar-refractivity contribution < 1.29 is 9.47 Å². The number of nitrogens with zero attached hydrogens (tertiary/aromatic N) is 2. The molecule has 0 saturated carbocycles. The van der Waals surface area contributed by atoms with Gasteiger partial charge in [-0.1, -0.05) is 0 Å². The van der Waals surface area contributed by atoms with Crippen molar-refractivity contribution in [1.29, 1.82) is 0 Å². The third-order valence-corrected chi connectivity index (χ3v) is 3.47. The molecule has 1 heterocycles. The average molecular weight is 337 g/mol. The van der Waals surface area contributed by atoms with E-state index >= 15 is 0 Å². The summed E-state index contributed by atoms with van der Waals surface area (Å²) in [5, 5.41) is 0. The van der Waals surface area contributed by atoms with Gasteiger partial charge in [-0.15, -0.1) is 0 Å². The van der Waals surface area contributed by atoms with Crippen LogP contribution in [0.2, 0.25) is 0 Å². The van der Waals surface area contributed by atoms with Crippen LogP contribution < -0.4 is 14.4 Å². The number of pyridine rings is 1. The molecule has 20 heavy (non-hydrogen) atoms. The molecule has 2 aromatic rings. The fourth-order valence-corrected chi connectivity index (χ4v) is 2.29. The van der Waals surface area contributed by atoms with E-state index in [0.29, 0.717) is 6.61 Å². The summed E-state index contributed by atoms with van der Waals surface area (Å²) in [4.78, 5) is 6.38. The third kappa shape index (κ3) is 3.87. The van der Waals surface area contributed by atoms with Gasteiger partial charge in [-0.25, -0.2) is 4.98 Å². The summed E-state index contributed by atoms with van der Waals surface area (Å²) in [7, 11) is 3.64. The minimum Gasteiger partial charge on any atom is -0.497 e. The monoisotopic (exact) mass is 336 g/mol. The van der Waals surface area contributed by atoms with E-state index in [2.05, 4.69) is 20.9 Å². The van der Waals surface area contributed by atoms with Crippen LogP contribution in [0.3, 0.4) is 0 Å². The molecule has 0 aliphatic rings. The number of likely N-dealkylation sites (N-methyl/N-ethyl adjacent to an activating group) is 1. The maximum absolute atomic E-state index is 5.70. The van der Waals surface area contributed by atoms with Crippen molar-refractivity contribution in [3.8, 4) is 11.5 Å². The molecule has 0 fully saturated rings. The van der Waals surface area contributed by atoms with Crippen molar-refractivity contribution in [1.82, 2.24) is 4.98 Å². The number of hydrogen-bond acceptors (Lipinski definition) is 4. The van der Waals surface area contributed by atoms with Gasteiger partial charge >= 0.3 is 0 Å². The molecule has 1 aromatic carbocycles. The molecule has 0 aliphatic carbocycles. The minimum atomic E-state index is 0.589. The van der Waals surface area contributed by atoms with Crippen molar-refractivity contribution in [3.63, 3.8) is 0 Å². The van der Waals surface area contributed by atoms with E-state index in [4.69, 9.17) is 9.47 Å². The topological polar surface area (TPSA) is 34.6 Å². The number of halogens is 1. The lowest BCUT2D eigenvalue weighted by Gasteiger charge is -2.19. The Hall–Kier alpha value is -1.75. The molecule has 0 unspecified atom stereocenters. The number of aromatic nitrogens is 1. The maximum atomic E-state index is 5.70. The third-order valence-electron chi connectivity index (χ3n) is 2.86. The molecule has 0 saturated heterocycles. The van der Waals surface area contributed by atoms with Crippen LogP contribution in [-0.4, -0.2) is 32.3 Å². The van der Waals surface area contributed by atoms with E-state index in [0.717, 1.165) is 28.3 Å². The van der Waals surface area contributed by atoms with E-state index in [1.54, 1.807) is 13.3 Å². The molecule has 0 atom stereocenters. The summed E-state index contributed by atoms with van der Waals surface area (Å²) in [6, 6.07) is 11.4. The number of hydrogen-bond donors (Lipinski definition) is 0. The van der Waals surface area contributed by atoms with E-state index in [-0.39, 0.29) is 0 Å². The largest absolute Gasteiger partial charge is 0.497 e. The Labute approximate surface area is 127 Å². The molecular weight excluding hydrogens is 320 g/mol. The number of rotatable bonds is 6. The lowest BCUT2D eigenvalue weighted by atomic mass is 10.3. The van der Waals surface area contributed by atoms with Crippen LogP contribution in [0.5, 0.6) is 11.5 Å². The van der Waals surface area contributed by atoms with Gasteiger partial charge in [0.05, 0.1) is 18.1 Å². The second-order valence-corrected chi connectivity index (χ2v) is 5.11. The van der Waals surface area contributed by atoms with Gasteiger partial charge in [0, 0.05) is 13.2 Å². The molecule has 0 bridgehead atoms. The van der Waals surface area contributed by atoms with Gasteiger partial charge in [0.2, 0.25) is 0 Å². The summed E-state index contributed by atoms with van der Waals surface area (Å²) in [5.74, 6) is 2.57. The maximum Gasteiger partial charge on any atom is 0.142 e. The molecule has 0 amide bonds. The van der Waals surface area contributed by atoms with E-state index in [9.17, 15) is 0 Å². The molecule has 4 nitrogen and oxygen atoms in total. The zero-order valence-corrected chi connectivity index (χ0v) is 13.1. The fourth-order valence-electron chi connectivity index (χ4n) is 1.74. The van der Waals surface area contributed by atoms with Gasteiger partial charge < -0.3 is 14.4 Å². The number of benzene rings is 1. The standard InChI is InChI=1S/C15H17BrN2O2/c1-18(15-14(16)4-3-9-17-15)10-11-20-13-7-5-12(19-2)6-8-13/h3-9H,10-11H2,1-2H3. The quantitative estimate of drug-likeness (QED) is 0.810. The van der Waals surface area contributed by atoms with E-state index in [1.807, 2.05) is 48.3 Å². The summed E-state index contributed by atoms with van der Waals surface area (Å²) < 4.78 is 11.8. The Morgan fingerprint density at radius 2 is 1.85 bits per heavy atom. The highest BCUT2D eigenvalue weighted by Gasteiger charge is 2.06. The van der Waals surface area contributed by atoms with Crippen molar-refractivity contribution in [2.75, 3.05) is 32.2 Å². The first-order valence-electron chi connectivity index (χ1n) is 6.29. The number of methoxy groups -OCH3 is 1. The summed E-state index contributed by atoms with van der Waals surface area (Å²) in [6.45, 7) is 1.34. The zero-order chi connectivity index (χ0) is 14.4. The zero-order valence-electron chi connectivity index (χ0n) is 11.5. The Morgan fingerprint density at radius 3 is 2.50 bits per heavy atom. The Balaban J connectivity index is 1.84. The predicted molar refractivity (Wildman–Crippen MR) is 83.7 cm³/mol. The molecule has 2 rings (SSSR count). The first-order chi connectivity index (χ1) is 9.70. The minimum absolute atomic E-state index is 0.589. The predicted octanol–water partition coefficient (Wildman–Crippen LogP) is 3.37. The highest BCUT2D eigenvalue weighted by atomic mass is 79.9. The fraction of sp³-hybridized carbons (Fsp3) is 0.267. The Kier molecular flexibility index (Phi) is 5.24. The molecule has 0 N–H and O–H groups in total. The molecule has 1 aromatic heterocycles. The lowest BCUT2D eigenvalue weighted by Crippen LogP contribution is -2.24. The summed E-state index contributed by atoms with van der Waals surface area (Å²) in [6.07, 6.45) is 1.78. The van der Waals surface area contributed by atoms with Crippen molar-refractivity contribution >= 4 is 21.7 Å². The second kappa shape index (κ2) is 7.14. The van der Waals surface area contributed by atoms with Gasteiger partial charge in [0.1, 0.15) is 23.9 Å². The van der Waals surface area contributed by atoms with Crippen molar-refractivity contribution in [2.45, 2.75) is 0 Å². The Morgan fingerprint density at radius 1 is 1.15 bits per heavy atom. The SMILES string of the molecule is COc1ccc(OCCN(C)c2ncccc2Br)cc1. The molecule has 5 heteroatoms. The van der Waals surface area contributed by atoms with Crippen LogP contribution in [-0.2, 0) is 0 Å². The van der Waals surface area contributed by atoms with E-state index in [1.165, 1.54) is 0 Å². The highest BCUT2D eigenvalue weighted by Crippen LogP contribution is 2.21. The number of anilines is 1. The van der Waals surface area contributed by atoms with Gasteiger partial charge in [0.15, 0.2) is 0 Å². The summed E-state index contributed by atoms with van der Waals surface area (Å²) >= 11 is 3.49. The molecule has 0 aliphatic heterocycles. The van der Waals surface area contributed by atoms with Crippen LogP contribution >= 0.6 is 15.9 Å². The van der Waals surface area contributed by atoms with Crippen LogP contribution in [0.25, 0.3) is 0 Å². The van der Waals surface area contributed by atoms with Crippen molar-refractivity contribution in [2.24, 2.45) is 0 Å². The smallest absolute Gasteiger partial charge is 0.142 e. The molecule has 0 radical (unpaired) electrons. The van der Waals surface area contributed by atoms with E-state index < -0.39 is 0 Å². The number of ether oxygens (including phenoxy) is 2. The first kappa shape index (κ1) is 14.7.